The minimum atomic E-state index is 0.557. The summed E-state index contributed by atoms with van der Waals surface area (Å²) in [5, 5.41) is 1.16. The van der Waals surface area contributed by atoms with E-state index in [1.54, 1.807) is 0 Å². The van der Waals surface area contributed by atoms with E-state index in [9.17, 15) is 0 Å². The normalized spacial score (nSPS) is 10.7. The lowest BCUT2D eigenvalue weighted by atomic mass is 10.1. The highest BCUT2D eigenvalue weighted by Gasteiger charge is 2.01. The van der Waals surface area contributed by atoms with Gasteiger partial charge in [0.15, 0.2) is 0 Å². The molecule has 1 aromatic heterocycles. The van der Waals surface area contributed by atoms with E-state index in [2.05, 4.69) is 35.3 Å². The molecule has 0 atom stereocenters. The summed E-state index contributed by atoms with van der Waals surface area (Å²) in [5.41, 5.74) is 9.92. The second-order valence-corrected chi connectivity index (χ2v) is 4.29. The van der Waals surface area contributed by atoms with Gasteiger partial charge in [-0.15, -0.1) is 0 Å². The SMILES string of the molecule is NCc1cccc(-c2ccc3ccccc3n2)c1. The number of rotatable bonds is 2. The van der Waals surface area contributed by atoms with Crippen LogP contribution in [0, 0.1) is 0 Å². The molecule has 2 aromatic carbocycles. The molecule has 2 nitrogen and oxygen atoms in total. The number of hydrogen-bond donors (Lipinski definition) is 1. The first-order chi connectivity index (χ1) is 8.86. The van der Waals surface area contributed by atoms with Crippen LogP contribution in [0.4, 0.5) is 0 Å². The number of fused-ring (bicyclic) bond motifs is 1. The average Bonchev–Trinajstić information content (AvgIpc) is 2.47. The van der Waals surface area contributed by atoms with Crippen molar-refractivity contribution in [2.45, 2.75) is 6.54 Å². The molecule has 0 spiro atoms. The Bertz CT molecular complexity index is 689. The molecule has 0 bridgehead atoms. The molecule has 88 valence electrons. The van der Waals surface area contributed by atoms with E-state index >= 15 is 0 Å². The Morgan fingerprint density at radius 3 is 2.67 bits per heavy atom. The van der Waals surface area contributed by atoms with Gasteiger partial charge in [-0.25, -0.2) is 4.98 Å². The van der Waals surface area contributed by atoms with Crippen LogP contribution in [0.15, 0.2) is 60.7 Å². The standard InChI is InChI=1S/C16H14N2/c17-11-12-4-3-6-14(10-12)16-9-8-13-5-1-2-7-15(13)18-16/h1-10H,11,17H2. The molecular formula is C16H14N2. The first-order valence-corrected chi connectivity index (χ1v) is 6.02. The molecule has 18 heavy (non-hydrogen) atoms. The van der Waals surface area contributed by atoms with Crippen molar-refractivity contribution in [3.63, 3.8) is 0 Å². The van der Waals surface area contributed by atoms with Gasteiger partial charge in [0.1, 0.15) is 0 Å². The third kappa shape index (κ3) is 1.98. The number of pyridine rings is 1. The van der Waals surface area contributed by atoms with E-state index in [4.69, 9.17) is 5.73 Å². The van der Waals surface area contributed by atoms with Crippen molar-refractivity contribution >= 4 is 10.9 Å². The maximum Gasteiger partial charge on any atom is 0.0709 e. The summed E-state index contributed by atoms with van der Waals surface area (Å²) in [5.74, 6) is 0. The molecule has 0 fully saturated rings. The van der Waals surface area contributed by atoms with Crippen molar-refractivity contribution < 1.29 is 0 Å². The molecule has 1 heterocycles. The average molecular weight is 234 g/mol. The third-order valence-corrected chi connectivity index (χ3v) is 3.06. The Labute approximate surface area is 106 Å². The van der Waals surface area contributed by atoms with Crippen molar-refractivity contribution in [2.24, 2.45) is 5.73 Å². The fraction of sp³-hybridized carbons (Fsp3) is 0.0625. The summed E-state index contributed by atoms with van der Waals surface area (Å²) in [6.07, 6.45) is 0. The Morgan fingerprint density at radius 1 is 0.889 bits per heavy atom. The minimum absolute atomic E-state index is 0.557. The van der Waals surface area contributed by atoms with Gasteiger partial charge in [0.2, 0.25) is 0 Å². The van der Waals surface area contributed by atoms with E-state index in [1.165, 1.54) is 0 Å². The van der Waals surface area contributed by atoms with E-state index in [-0.39, 0.29) is 0 Å². The molecule has 0 amide bonds. The Balaban J connectivity index is 2.13. The second-order valence-electron chi connectivity index (χ2n) is 4.29. The van der Waals surface area contributed by atoms with Crippen LogP contribution in [0.25, 0.3) is 22.2 Å². The van der Waals surface area contributed by atoms with Crippen molar-refractivity contribution in [3.8, 4) is 11.3 Å². The van der Waals surface area contributed by atoms with E-state index < -0.39 is 0 Å². The molecule has 3 aromatic rings. The van der Waals surface area contributed by atoms with Gasteiger partial charge in [-0.2, -0.15) is 0 Å². The molecule has 0 aliphatic rings. The topological polar surface area (TPSA) is 38.9 Å². The van der Waals surface area contributed by atoms with Crippen molar-refractivity contribution in [3.05, 3.63) is 66.2 Å². The lowest BCUT2D eigenvalue weighted by molar-refractivity contribution is 1.07. The summed E-state index contributed by atoms with van der Waals surface area (Å²) in [6.45, 7) is 0.557. The van der Waals surface area contributed by atoms with E-state index in [0.717, 1.165) is 27.7 Å². The predicted molar refractivity (Wildman–Crippen MR) is 75.1 cm³/mol. The molecule has 0 unspecified atom stereocenters. The van der Waals surface area contributed by atoms with Gasteiger partial charge in [0.05, 0.1) is 11.2 Å². The summed E-state index contributed by atoms with van der Waals surface area (Å²) >= 11 is 0. The Hall–Kier alpha value is -2.19. The maximum absolute atomic E-state index is 5.67. The van der Waals surface area contributed by atoms with Crippen LogP contribution in [0.1, 0.15) is 5.56 Å². The summed E-state index contributed by atoms with van der Waals surface area (Å²) in [6, 6.07) is 20.5. The molecule has 0 aliphatic carbocycles. The monoisotopic (exact) mass is 234 g/mol. The first-order valence-electron chi connectivity index (χ1n) is 6.02. The van der Waals surface area contributed by atoms with Crippen molar-refractivity contribution in [1.29, 1.82) is 0 Å². The molecule has 3 rings (SSSR count). The fourth-order valence-corrected chi connectivity index (χ4v) is 2.08. The van der Waals surface area contributed by atoms with Gasteiger partial charge in [0, 0.05) is 17.5 Å². The number of nitrogens with two attached hydrogens (primary N) is 1. The predicted octanol–water partition coefficient (Wildman–Crippen LogP) is 3.36. The van der Waals surface area contributed by atoms with Crippen molar-refractivity contribution in [1.82, 2.24) is 4.98 Å². The molecular weight excluding hydrogens is 220 g/mol. The highest BCUT2D eigenvalue weighted by atomic mass is 14.7. The largest absolute Gasteiger partial charge is 0.326 e. The van der Waals surface area contributed by atoms with Crippen LogP contribution in [-0.2, 0) is 6.54 Å². The Morgan fingerprint density at radius 2 is 1.78 bits per heavy atom. The zero-order chi connectivity index (χ0) is 12.4. The van der Waals surface area contributed by atoms with Crippen LogP contribution in [0.2, 0.25) is 0 Å². The summed E-state index contributed by atoms with van der Waals surface area (Å²) in [4.78, 5) is 4.68. The number of hydrogen-bond acceptors (Lipinski definition) is 2. The zero-order valence-corrected chi connectivity index (χ0v) is 10.0. The molecule has 0 saturated carbocycles. The quantitative estimate of drug-likeness (QED) is 0.738. The molecule has 0 aliphatic heterocycles. The van der Waals surface area contributed by atoms with Gasteiger partial charge in [-0.1, -0.05) is 42.5 Å². The van der Waals surface area contributed by atoms with Gasteiger partial charge < -0.3 is 5.73 Å². The molecule has 2 heteroatoms. The number of aromatic nitrogens is 1. The minimum Gasteiger partial charge on any atom is -0.326 e. The number of nitrogens with zero attached hydrogens (tertiary/aromatic N) is 1. The number of para-hydroxylation sites is 1. The van der Waals surface area contributed by atoms with Crippen LogP contribution < -0.4 is 5.73 Å². The molecule has 2 N–H and O–H groups in total. The second kappa shape index (κ2) is 4.59. The highest BCUT2D eigenvalue weighted by Crippen LogP contribution is 2.21. The first kappa shape index (κ1) is 10.9. The maximum atomic E-state index is 5.67. The van der Waals surface area contributed by atoms with E-state index in [0.29, 0.717) is 6.54 Å². The fourth-order valence-electron chi connectivity index (χ4n) is 2.08. The van der Waals surface area contributed by atoms with Gasteiger partial charge >= 0.3 is 0 Å². The Kier molecular flexibility index (Phi) is 2.79. The van der Waals surface area contributed by atoms with E-state index in [1.807, 2.05) is 30.3 Å². The van der Waals surface area contributed by atoms with Crippen LogP contribution in [0.3, 0.4) is 0 Å². The zero-order valence-electron chi connectivity index (χ0n) is 10.0. The third-order valence-electron chi connectivity index (χ3n) is 3.06. The summed E-state index contributed by atoms with van der Waals surface area (Å²) in [7, 11) is 0. The number of benzene rings is 2. The van der Waals surface area contributed by atoms with Crippen molar-refractivity contribution in [2.75, 3.05) is 0 Å². The van der Waals surface area contributed by atoms with Gasteiger partial charge in [-0.3, -0.25) is 0 Å². The lowest BCUT2D eigenvalue weighted by Crippen LogP contribution is -1.96. The lowest BCUT2D eigenvalue weighted by Gasteiger charge is -2.05. The van der Waals surface area contributed by atoms with Gasteiger partial charge in [0.25, 0.3) is 0 Å². The van der Waals surface area contributed by atoms with Crippen LogP contribution in [-0.4, -0.2) is 4.98 Å². The van der Waals surface area contributed by atoms with Crippen LogP contribution in [0.5, 0.6) is 0 Å². The smallest absolute Gasteiger partial charge is 0.0709 e. The highest BCUT2D eigenvalue weighted by molar-refractivity contribution is 5.81. The summed E-state index contributed by atoms with van der Waals surface area (Å²) < 4.78 is 0. The molecule has 0 radical (unpaired) electrons. The van der Waals surface area contributed by atoms with Crippen LogP contribution >= 0.6 is 0 Å². The molecule has 0 saturated heterocycles. The van der Waals surface area contributed by atoms with Gasteiger partial charge in [-0.05, 0) is 23.8 Å².